The quantitative estimate of drug-likeness (QED) is 0.629. The van der Waals surface area contributed by atoms with Crippen molar-refractivity contribution in [3.63, 3.8) is 0 Å². The van der Waals surface area contributed by atoms with Gasteiger partial charge in [0.25, 0.3) is 0 Å². The summed E-state index contributed by atoms with van der Waals surface area (Å²) in [7, 11) is -1.84. The van der Waals surface area contributed by atoms with E-state index >= 15 is 0 Å². The molecule has 2 aliphatic heterocycles. The second-order valence-electron chi connectivity index (χ2n) is 8.24. The molecule has 190 valence electrons. The maximum absolute atomic E-state index is 13.2. The van der Waals surface area contributed by atoms with Crippen LogP contribution in [0.25, 0.3) is 0 Å². The van der Waals surface area contributed by atoms with Crippen LogP contribution in [0.5, 0.6) is 0 Å². The molecule has 1 N–H and O–H groups in total. The summed E-state index contributed by atoms with van der Waals surface area (Å²) in [6, 6.07) is 14.3. The predicted molar refractivity (Wildman–Crippen MR) is 118 cm³/mol. The number of carboxylic acid groups (broad SMARTS) is 1. The zero-order valence-corrected chi connectivity index (χ0v) is 19.4. The number of halogens is 4. The first-order valence-electron chi connectivity index (χ1n) is 10.4. The van der Waals surface area contributed by atoms with Crippen LogP contribution in [0.2, 0.25) is 0 Å². The Morgan fingerprint density at radius 3 is 2.14 bits per heavy atom. The molecule has 2 aromatic rings. The summed E-state index contributed by atoms with van der Waals surface area (Å²) in [6.45, 7) is 1.32. The van der Waals surface area contributed by atoms with Gasteiger partial charge in [-0.1, -0.05) is 18.2 Å². The van der Waals surface area contributed by atoms with Gasteiger partial charge in [-0.2, -0.15) is 17.5 Å². The molecule has 1 atom stereocenters. The highest BCUT2D eigenvalue weighted by Gasteiger charge is 2.50. The van der Waals surface area contributed by atoms with E-state index in [9.17, 15) is 30.8 Å². The molecular weight excluding hydrogens is 494 g/mol. The first kappa shape index (κ1) is 26.6. The van der Waals surface area contributed by atoms with Crippen LogP contribution in [0.4, 0.5) is 23.2 Å². The van der Waals surface area contributed by atoms with E-state index in [0.29, 0.717) is 26.1 Å². The summed E-state index contributed by atoms with van der Waals surface area (Å²) >= 11 is 0. The minimum absolute atomic E-state index is 0.000772. The Kier molecular flexibility index (Phi) is 7.53. The largest absolute Gasteiger partial charge is 0.490 e. The molecule has 0 radical (unpaired) electrons. The third kappa shape index (κ3) is 5.80. The second-order valence-corrected chi connectivity index (χ2v) is 10.2. The van der Waals surface area contributed by atoms with Crippen molar-refractivity contribution in [1.82, 2.24) is 9.21 Å². The van der Waals surface area contributed by atoms with Gasteiger partial charge in [-0.3, -0.25) is 9.69 Å². The van der Waals surface area contributed by atoms with Crippen molar-refractivity contribution in [3.8, 4) is 0 Å². The van der Waals surface area contributed by atoms with Gasteiger partial charge in [0.1, 0.15) is 5.82 Å². The van der Waals surface area contributed by atoms with Gasteiger partial charge in [0.15, 0.2) is 0 Å². The second kappa shape index (κ2) is 9.91. The van der Waals surface area contributed by atoms with Crippen molar-refractivity contribution in [1.29, 1.82) is 0 Å². The Bertz CT molecular complexity index is 1180. The van der Waals surface area contributed by atoms with Gasteiger partial charge in [-0.05, 0) is 49.9 Å². The highest BCUT2D eigenvalue weighted by atomic mass is 32.2. The van der Waals surface area contributed by atoms with Crippen LogP contribution in [-0.2, 0) is 19.6 Å². The van der Waals surface area contributed by atoms with E-state index in [4.69, 9.17) is 9.90 Å². The third-order valence-electron chi connectivity index (χ3n) is 5.99. The lowest BCUT2D eigenvalue weighted by molar-refractivity contribution is -0.192. The first-order chi connectivity index (χ1) is 16.3. The average molecular weight is 518 g/mol. The molecule has 1 amide bonds. The summed E-state index contributed by atoms with van der Waals surface area (Å²) in [5.74, 6) is -3.23. The molecule has 2 heterocycles. The van der Waals surface area contributed by atoms with E-state index in [1.165, 1.54) is 16.4 Å². The summed E-state index contributed by atoms with van der Waals surface area (Å²) in [5, 5.41) is 7.12. The Hall–Kier alpha value is -3.03. The number of rotatable bonds is 3. The number of anilines is 1. The number of alkyl halides is 3. The fourth-order valence-electron chi connectivity index (χ4n) is 4.02. The minimum atomic E-state index is -5.08. The van der Waals surface area contributed by atoms with Crippen LogP contribution < -0.4 is 4.90 Å². The molecule has 2 aliphatic rings. The zero-order valence-electron chi connectivity index (χ0n) is 18.6. The molecule has 35 heavy (non-hydrogen) atoms. The van der Waals surface area contributed by atoms with Crippen LogP contribution in [0.1, 0.15) is 6.42 Å². The zero-order chi connectivity index (χ0) is 26.0. The SMILES string of the molecule is CN1CC(=O)N(c2ccccc2)CC12CCN(S(=O)(=O)c1ccc(F)cc1)C2.O=C(O)C(F)(F)F. The molecule has 1 spiro atoms. The Morgan fingerprint density at radius 2 is 1.60 bits per heavy atom. The van der Waals surface area contributed by atoms with Gasteiger partial charge in [0, 0.05) is 25.3 Å². The van der Waals surface area contributed by atoms with Crippen LogP contribution in [0.15, 0.2) is 59.5 Å². The smallest absolute Gasteiger partial charge is 0.475 e. The maximum atomic E-state index is 13.2. The van der Waals surface area contributed by atoms with Crippen molar-refractivity contribution in [2.45, 2.75) is 23.0 Å². The van der Waals surface area contributed by atoms with Crippen molar-refractivity contribution in [3.05, 3.63) is 60.4 Å². The first-order valence-corrected chi connectivity index (χ1v) is 11.8. The van der Waals surface area contributed by atoms with Crippen molar-refractivity contribution in [2.24, 2.45) is 0 Å². The lowest BCUT2D eigenvalue weighted by Gasteiger charge is -2.46. The number of hydrogen-bond donors (Lipinski definition) is 1. The number of nitrogens with zero attached hydrogens (tertiary/aromatic N) is 3. The van der Waals surface area contributed by atoms with E-state index in [1.54, 1.807) is 4.90 Å². The van der Waals surface area contributed by atoms with E-state index in [-0.39, 0.29) is 17.3 Å². The van der Waals surface area contributed by atoms with Gasteiger partial charge < -0.3 is 10.0 Å². The number of para-hydroxylation sites is 1. The van der Waals surface area contributed by atoms with Crippen LogP contribution in [-0.4, -0.2) is 79.5 Å². The van der Waals surface area contributed by atoms with Gasteiger partial charge >= 0.3 is 12.1 Å². The summed E-state index contributed by atoms with van der Waals surface area (Å²) in [6.07, 6.45) is -4.46. The van der Waals surface area contributed by atoms with E-state index < -0.39 is 33.5 Å². The number of hydrogen-bond acceptors (Lipinski definition) is 5. The molecule has 2 saturated heterocycles. The Labute approximate surface area is 199 Å². The fourth-order valence-corrected chi connectivity index (χ4v) is 5.54. The van der Waals surface area contributed by atoms with Crippen molar-refractivity contribution in [2.75, 3.05) is 38.1 Å². The lowest BCUT2D eigenvalue weighted by Crippen LogP contribution is -2.64. The van der Waals surface area contributed by atoms with Crippen molar-refractivity contribution >= 4 is 27.6 Å². The number of carbonyl (C=O) groups excluding carboxylic acids is 1. The number of amides is 1. The van der Waals surface area contributed by atoms with Crippen LogP contribution in [0.3, 0.4) is 0 Å². The fraction of sp³-hybridized carbons (Fsp3) is 0.364. The molecule has 0 bridgehead atoms. The van der Waals surface area contributed by atoms with Crippen molar-refractivity contribution < 1.29 is 40.7 Å². The topological polar surface area (TPSA) is 98.2 Å². The number of sulfonamides is 1. The highest BCUT2D eigenvalue weighted by Crippen LogP contribution is 2.35. The molecule has 2 aromatic carbocycles. The number of benzene rings is 2. The van der Waals surface area contributed by atoms with E-state index in [0.717, 1.165) is 17.8 Å². The maximum Gasteiger partial charge on any atom is 0.490 e. The molecule has 8 nitrogen and oxygen atoms in total. The molecule has 0 aromatic heterocycles. The normalized spacial score (nSPS) is 21.6. The molecule has 0 aliphatic carbocycles. The van der Waals surface area contributed by atoms with Gasteiger partial charge in [0.05, 0.1) is 17.0 Å². The lowest BCUT2D eigenvalue weighted by atomic mass is 9.92. The molecule has 13 heteroatoms. The molecular formula is C22H23F4N3O5S. The van der Waals surface area contributed by atoms with Crippen LogP contribution in [0, 0.1) is 5.82 Å². The van der Waals surface area contributed by atoms with Crippen LogP contribution >= 0.6 is 0 Å². The molecule has 2 fully saturated rings. The van der Waals surface area contributed by atoms with E-state index in [1.807, 2.05) is 42.3 Å². The monoisotopic (exact) mass is 517 g/mol. The standard InChI is InChI=1S/C20H22FN3O3S.C2HF3O2/c1-22-13-19(25)24(17-5-3-2-4-6-17)15-20(22)11-12-23(14-20)28(26,27)18-9-7-16(21)8-10-18;3-2(4,5)1(6)7/h2-10H,11-15H2,1H3;(H,6,7). The summed E-state index contributed by atoms with van der Waals surface area (Å²) in [4.78, 5) is 25.3. The van der Waals surface area contributed by atoms with Gasteiger partial charge in [-0.15, -0.1) is 0 Å². The third-order valence-corrected chi connectivity index (χ3v) is 7.85. The molecule has 4 rings (SSSR count). The number of likely N-dealkylation sites (N-methyl/N-ethyl adjacent to an activating group) is 1. The number of aliphatic carboxylic acids is 1. The molecule has 1 unspecified atom stereocenters. The average Bonchev–Trinajstić information content (AvgIpc) is 3.23. The highest BCUT2D eigenvalue weighted by molar-refractivity contribution is 7.89. The summed E-state index contributed by atoms with van der Waals surface area (Å²) in [5.41, 5.74) is 0.372. The van der Waals surface area contributed by atoms with Gasteiger partial charge in [-0.25, -0.2) is 17.6 Å². The Balaban J connectivity index is 0.000000429. The minimum Gasteiger partial charge on any atom is -0.475 e. The number of piperazine rings is 1. The Morgan fingerprint density at radius 1 is 1.03 bits per heavy atom. The summed E-state index contributed by atoms with van der Waals surface area (Å²) < 4.78 is 72.4. The van der Waals surface area contributed by atoms with Gasteiger partial charge in [0.2, 0.25) is 15.9 Å². The van der Waals surface area contributed by atoms with E-state index in [2.05, 4.69) is 0 Å². The predicted octanol–water partition coefficient (Wildman–Crippen LogP) is 2.57. The number of carbonyl (C=O) groups is 2. The molecule has 0 saturated carbocycles. The number of carboxylic acids is 1.